The fourth-order valence-electron chi connectivity index (χ4n) is 2.01. The minimum Gasteiger partial charge on any atom is -0.396 e. The predicted molar refractivity (Wildman–Crippen MR) is 144 cm³/mol. The van der Waals surface area contributed by atoms with Crippen LogP contribution in [0.1, 0.15) is 81.1 Å². The molecule has 0 heterocycles. The van der Waals surface area contributed by atoms with Gasteiger partial charge in [-0.25, -0.2) is 0 Å². The minimum absolute atomic E-state index is 0.00294. The second kappa shape index (κ2) is 41.9. The van der Waals surface area contributed by atoms with Gasteiger partial charge in [0.15, 0.2) is 0 Å². The Bertz CT molecular complexity index is 511. The van der Waals surface area contributed by atoms with Crippen molar-refractivity contribution in [2.24, 2.45) is 5.92 Å². The number of hydrogen-bond donors (Lipinski definition) is 1. The lowest BCUT2D eigenvalue weighted by Gasteiger charge is -2.16. The molecule has 0 radical (unpaired) electrons. The summed E-state index contributed by atoms with van der Waals surface area (Å²) in [6.45, 7) is 22.9. The van der Waals surface area contributed by atoms with Crippen LogP contribution in [0.25, 0.3) is 0 Å². The fraction of sp³-hybridized carbons (Fsp3) is 0.483. The summed E-state index contributed by atoms with van der Waals surface area (Å²) in [6, 6.07) is 0. The molecule has 178 valence electrons. The molecule has 0 saturated carbocycles. The van der Waals surface area contributed by atoms with E-state index >= 15 is 0 Å². The van der Waals surface area contributed by atoms with Gasteiger partial charge in [0, 0.05) is 18.8 Å². The lowest BCUT2D eigenvalue weighted by molar-refractivity contribution is -0.120. The van der Waals surface area contributed by atoms with Crippen molar-refractivity contribution in [2.75, 3.05) is 6.61 Å². The zero-order valence-corrected chi connectivity index (χ0v) is 21.7. The third-order valence-corrected chi connectivity index (χ3v) is 3.18. The largest absolute Gasteiger partial charge is 0.396 e. The number of terminal acetylenes is 1. The lowest BCUT2D eigenvalue weighted by Crippen LogP contribution is -2.14. The van der Waals surface area contributed by atoms with Crippen LogP contribution in [0.4, 0.5) is 0 Å². The van der Waals surface area contributed by atoms with E-state index in [4.69, 9.17) is 0 Å². The van der Waals surface area contributed by atoms with Gasteiger partial charge in [0.25, 0.3) is 0 Å². The molecular formula is C29H50O2. The molecule has 1 unspecified atom stereocenters. The van der Waals surface area contributed by atoms with Crippen LogP contribution in [0.3, 0.4) is 0 Å². The van der Waals surface area contributed by atoms with Gasteiger partial charge in [-0.15, -0.1) is 18.9 Å². The van der Waals surface area contributed by atoms with Crippen LogP contribution >= 0.6 is 0 Å². The van der Waals surface area contributed by atoms with Gasteiger partial charge in [-0.1, -0.05) is 101 Å². The molecular weight excluding hydrogens is 380 g/mol. The van der Waals surface area contributed by atoms with Gasteiger partial charge < -0.3 is 5.11 Å². The quantitative estimate of drug-likeness (QED) is 0.203. The van der Waals surface area contributed by atoms with Gasteiger partial charge >= 0.3 is 0 Å². The van der Waals surface area contributed by atoms with Crippen molar-refractivity contribution < 1.29 is 9.90 Å². The highest BCUT2D eigenvalue weighted by atomic mass is 16.3. The van der Waals surface area contributed by atoms with E-state index in [1.54, 1.807) is 19.1 Å². The molecule has 0 rings (SSSR count). The van der Waals surface area contributed by atoms with Crippen LogP contribution in [0.5, 0.6) is 0 Å². The summed E-state index contributed by atoms with van der Waals surface area (Å²) in [7, 11) is 0. The first-order valence-corrected chi connectivity index (χ1v) is 11.4. The van der Waals surface area contributed by atoms with E-state index in [-0.39, 0.29) is 18.3 Å². The van der Waals surface area contributed by atoms with E-state index in [2.05, 4.69) is 25.5 Å². The first-order chi connectivity index (χ1) is 15.0. The molecule has 0 aromatic carbocycles. The third-order valence-electron chi connectivity index (χ3n) is 3.18. The fourth-order valence-corrected chi connectivity index (χ4v) is 2.01. The standard InChI is InChI=1S/C14H22O2.C8H12.C3H4.2C2H6/c1-4-7-12(8-5-2)13(11-15)10-14(16)9-6-3;1-3-5-7-8-6-4-2;1-3-2;2*1-2/h4-5,7,13,15H,1-2,6,8-11H2,3H3;3-8H,1-2H3;1H,2H3;2*1-2H3/b12-7+;5-3-,6-4-,8-7-;;;. The van der Waals surface area contributed by atoms with Crippen LogP contribution in [-0.4, -0.2) is 17.5 Å². The average molecular weight is 431 g/mol. The molecule has 0 amide bonds. The highest BCUT2D eigenvalue weighted by molar-refractivity contribution is 5.78. The van der Waals surface area contributed by atoms with Crippen LogP contribution in [0, 0.1) is 18.3 Å². The highest BCUT2D eigenvalue weighted by Gasteiger charge is 2.15. The van der Waals surface area contributed by atoms with E-state index in [1.165, 1.54) is 0 Å². The molecule has 1 N–H and O–H groups in total. The van der Waals surface area contributed by atoms with Gasteiger partial charge in [-0.05, 0) is 33.6 Å². The molecule has 0 aromatic rings. The summed E-state index contributed by atoms with van der Waals surface area (Å²) in [5.74, 6) is 2.37. The summed E-state index contributed by atoms with van der Waals surface area (Å²) in [6.07, 6.45) is 24.5. The number of rotatable bonds is 11. The van der Waals surface area contributed by atoms with Gasteiger partial charge in [0.1, 0.15) is 5.78 Å². The Balaban J connectivity index is -0.000000125. The Morgan fingerprint density at radius 3 is 1.77 bits per heavy atom. The van der Waals surface area contributed by atoms with Crippen molar-refractivity contribution in [1.29, 1.82) is 0 Å². The number of aliphatic hydroxyl groups excluding tert-OH is 1. The SMILES string of the molecule is C#CC.C=C/C=C(\CC=C)C(CO)CC(=O)CCC.CC.CC.C\C=C/C=C\C=C/C. The second-order valence-corrected chi connectivity index (χ2v) is 5.57. The zero-order chi connectivity index (χ0) is 25.3. The van der Waals surface area contributed by atoms with Crippen molar-refractivity contribution >= 4 is 5.78 Å². The Morgan fingerprint density at radius 2 is 1.48 bits per heavy atom. The highest BCUT2D eigenvalue weighted by Crippen LogP contribution is 2.20. The van der Waals surface area contributed by atoms with Gasteiger partial charge in [-0.3, -0.25) is 4.79 Å². The van der Waals surface area contributed by atoms with Gasteiger partial charge in [0.05, 0.1) is 6.61 Å². The first-order valence-electron chi connectivity index (χ1n) is 11.4. The summed E-state index contributed by atoms with van der Waals surface area (Å²) in [5, 5.41) is 9.31. The number of ketones is 1. The molecule has 2 nitrogen and oxygen atoms in total. The summed E-state index contributed by atoms with van der Waals surface area (Å²) >= 11 is 0. The van der Waals surface area contributed by atoms with E-state index in [9.17, 15) is 9.90 Å². The molecule has 0 fully saturated rings. The summed E-state index contributed by atoms with van der Waals surface area (Å²) in [5.41, 5.74) is 1.02. The van der Waals surface area contributed by atoms with E-state index in [0.29, 0.717) is 19.3 Å². The van der Waals surface area contributed by atoms with E-state index in [0.717, 1.165) is 12.0 Å². The maximum atomic E-state index is 11.5. The molecule has 2 heteroatoms. The van der Waals surface area contributed by atoms with E-state index in [1.807, 2.05) is 91.0 Å². The molecule has 1 atom stereocenters. The first kappa shape index (κ1) is 39.1. The number of carbonyl (C=O) groups excluding carboxylic acids is 1. The zero-order valence-electron chi connectivity index (χ0n) is 21.7. The summed E-state index contributed by atoms with van der Waals surface area (Å²) in [4.78, 5) is 11.5. The number of allylic oxidation sites excluding steroid dienone is 9. The molecule has 0 aromatic heterocycles. The molecule has 0 aliphatic rings. The minimum atomic E-state index is -0.0879. The summed E-state index contributed by atoms with van der Waals surface area (Å²) < 4.78 is 0. The van der Waals surface area contributed by atoms with Gasteiger partial charge in [0.2, 0.25) is 0 Å². The van der Waals surface area contributed by atoms with Crippen molar-refractivity contribution in [3.8, 4) is 12.3 Å². The molecule has 0 spiro atoms. The Kier molecular flexibility index (Phi) is 52.9. The normalized spacial score (nSPS) is 10.8. The van der Waals surface area contributed by atoms with E-state index < -0.39 is 0 Å². The molecule has 0 bridgehead atoms. The molecule has 31 heavy (non-hydrogen) atoms. The Morgan fingerprint density at radius 1 is 1.03 bits per heavy atom. The maximum Gasteiger partial charge on any atom is 0.133 e. The maximum absolute atomic E-state index is 11.5. The molecule has 0 aliphatic carbocycles. The van der Waals surface area contributed by atoms with Crippen molar-refractivity contribution in [2.45, 2.75) is 81.1 Å². The van der Waals surface area contributed by atoms with Crippen LogP contribution in [-0.2, 0) is 4.79 Å². The average Bonchev–Trinajstić information content (AvgIpc) is 2.79. The van der Waals surface area contributed by atoms with Crippen LogP contribution < -0.4 is 0 Å². The monoisotopic (exact) mass is 430 g/mol. The number of aliphatic hydroxyl groups is 1. The number of carbonyl (C=O) groups is 1. The van der Waals surface area contributed by atoms with Crippen molar-refractivity contribution in [3.63, 3.8) is 0 Å². The van der Waals surface area contributed by atoms with Crippen molar-refractivity contribution in [3.05, 3.63) is 73.4 Å². The predicted octanol–water partition coefficient (Wildman–Crippen LogP) is 8.43. The third kappa shape index (κ3) is 38.8. The van der Waals surface area contributed by atoms with Crippen molar-refractivity contribution in [1.82, 2.24) is 0 Å². The van der Waals surface area contributed by atoms with Crippen LogP contribution in [0.15, 0.2) is 73.4 Å². The van der Waals surface area contributed by atoms with Crippen LogP contribution in [0.2, 0.25) is 0 Å². The Hall–Kier alpha value is -2.37. The Labute approximate surface area is 195 Å². The smallest absolute Gasteiger partial charge is 0.133 e. The van der Waals surface area contributed by atoms with Gasteiger partial charge in [-0.2, -0.15) is 0 Å². The number of hydrogen-bond acceptors (Lipinski definition) is 2. The topological polar surface area (TPSA) is 37.3 Å². The molecule has 0 aliphatic heterocycles. The number of Topliss-reactive ketones (excluding diaryl/α,β-unsaturated/α-hetero) is 1. The second-order valence-electron chi connectivity index (χ2n) is 5.57. The molecule has 0 saturated heterocycles. The lowest BCUT2D eigenvalue weighted by atomic mass is 9.90.